The minimum atomic E-state index is 0.767. The molecule has 0 N–H and O–H groups in total. The van der Waals surface area contributed by atoms with Crippen LogP contribution in [-0.4, -0.2) is 9.78 Å². The molecule has 1 aromatic heterocycles. The van der Waals surface area contributed by atoms with E-state index in [1.54, 1.807) is 0 Å². The van der Waals surface area contributed by atoms with Gasteiger partial charge in [0.1, 0.15) is 0 Å². The summed E-state index contributed by atoms with van der Waals surface area (Å²) < 4.78 is 1.88. The van der Waals surface area contributed by atoms with Crippen LogP contribution in [0.1, 0.15) is 18.3 Å². The van der Waals surface area contributed by atoms with Gasteiger partial charge >= 0.3 is 0 Å². The minimum Gasteiger partial charge on any atom is -0.272 e. The molecule has 2 nitrogen and oxygen atoms in total. The smallest absolute Gasteiger partial charge is 0.0624 e. The Balaban J connectivity index is 2.92. The van der Waals surface area contributed by atoms with E-state index in [0.29, 0.717) is 0 Å². The van der Waals surface area contributed by atoms with Crippen molar-refractivity contribution >= 4 is 12.6 Å². The van der Waals surface area contributed by atoms with Crippen LogP contribution in [0.4, 0.5) is 0 Å². The highest BCUT2D eigenvalue weighted by Gasteiger charge is 1.99. The molecule has 0 fully saturated rings. The summed E-state index contributed by atoms with van der Waals surface area (Å²) in [6.45, 7) is 2.10. The standard InChI is InChI=1S/C7H12N2S/c1-3-6-4-7(5-10)9(2)8-6/h4,10H,3,5H2,1-2H3. The van der Waals surface area contributed by atoms with Gasteiger partial charge in [-0.15, -0.1) is 0 Å². The molecule has 1 heterocycles. The van der Waals surface area contributed by atoms with Gasteiger partial charge in [-0.1, -0.05) is 6.92 Å². The summed E-state index contributed by atoms with van der Waals surface area (Å²) in [7, 11) is 1.95. The predicted molar refractivity (Wildman–Crippen MR) is 45.3 cm³/mol. The second kappa shape index (κ2) is 3.10. The molecule has 10 heavy (non-hydrogen) atoms. The van der Waals surface area contributed by atoms with Crippen molar-refractivity contribution in [1.82, 2.24) is 9.78 Å². The molecule has 0 aliphatic heterocycles. The monoisotopic (exact) mass is 156 g/mol. The summed E-state index contributed by atoms with van der Waals surface area (Å²) in [5.41, 5.74) is 2.33. The molecule has 0 aromatic carbocycles. The normalized spacial score (nSPS) is 10.3. The highest BCUT2D eigenvalue weighted by molar-refractivity contribution is 7.79. The van der Waals surface area contributed by atoms with Crippen LogP contribution in [0.25, 0.3) is 0 Å². The fourth-order valence-corrected chi connectivity index (χ4v) is 1.19. The van der Waals surface area contributed by atoms with Crippen LogP contribution in [0.3, 0.4) is 0 Å². The van der Waals surface area contributed by atoms with Gasteiger partial charge in [0.05, 0.1) is 5.69 Å². The molecule has 0 unspecified atom stereocenters. The van der Waals surface area contributed by atoms with Crippen molar-refractivity contribution in [3.8, 4) is 0 Å². The van der Waals surface area contributed by atoms with E-state index in [4.69, 9.17) is 0 Å². The zero-order chi connectivity index (χ0) is 7.56. The number of rotatable bonds is 2. The zero-order valence-electron chi connectivity index (χ0n) is 6.33. The van der Waals surface area contributed by atoms with Crippen molar-refractivity contribution in [2.24, 2.45) is 7.05 Å². The van der Waals surface area contributed by atoms with Crippen LogP contribution in [0.15, 0.2) is 6.07 Å². The van der Waals surface area contributed by atoms with Gasteiger partial charge in [0.25, 0.3) is 0 Å². The third-order valence-electron chi connectivity index (χ3n) is 1.55. The lowest BCUT2D eigenvalue weighted by Crippen LogP contribution is -1.95. The molecule has 0 spiro atoms. The first kappa shape index (κ1) is 7.66. The molecule has 0 aliphatic carbocycles. The Labute approximate surface area is 66.7 Å². The Hall–Kier alpha value is -0.440. The fourth-order valence-electron chi connectivity index (χ4n) is 0.892. The lowest BCUT2D eigenvalue weighted by atomic mass is 10.3. The van der Waals surface area contributed by atoms with Gasteiger partial charge < -0.3 is 0 Å². The molecule has 0 aliphatic rings. The van der Waals surface area contributed by atoms with Gasteiger partial charge in [-0.25, -0.2) is 0 Å². The molecular weight excluding hydrogens is 144 g/mol. The van der Waals surface area contributed by atoms with Crippen molar-refractivity contribution < 1.29 is 0 Å². The molecule has 3 heteroatoms. The van der Waals surface area contributed by atoms with Gasteiger partial charge in [0.15, 0.2) is 0 Å². The van der Waals surface area contributed by atoms with Gasteiger partial charge in [0.2, 0.25) is 0 Å². The van der Waals surface area contributed by atoms with Crippen LogP contribution in [0.5, 0.6) is 0 Å². The van der Waals surface area contributed by atoms with E-state index >= 15 is 0 Å². The van der Waals surface area contributed by atoms with E-state index in [0.717, 1.165) is 17.9 Å². The predicted octanol–water partition coefficient (Wildman–Crippen LogP) is 1.41. The maximum atomic E-state index is 4.27. The summed E-state index contributed by atoms with van der Waals surface area (Å²) in [5, 5.41) is 4.27. The second-order valence-electron chi connectivity index (χ2n) is 2.26. The highest BCUT2D eigenvalue weighted by atomic mass is 32.1. The first-order valence-electron chi connectivity index (χ1n) is 3.40. The van der Waals surface area contributed by atoms with Crippen LogP contribution in [-0.2, 0) is 19.2 Å². The van der Waals surface area contributed by atoms with Crippen molar-refractivity contribution in [2.45, 2.75) is 19.1 Å². The van der Waals surface area contributed by atoms with Crippen LogP contribution in [0.2, 0.25) is 0 Å². The fraction of sp³-hybridized carbons (Fsp3) is 0.571. The Kier molecular flexibility index (Phi) is 2.38. The molecule has 0 atom stereocenters. The number of aryl methyl sites for hydroxylation is 2. The van der Waals surface area contributed by atoms with Crippen molar-refractivity contribution in [1.29, 1.82) is 0 Å². The number of thiol groups is 1. The van der Waals surface area contributed by atoms with Crippen LogP contribution >= 0.6 is 12.6 Å². The number of aromatic nitrogens is 2. The molecule has 0 saturated heterocycles. The van der Waals surface area contributed by atoms with E-state index in [1.807, 2.05) is 11.7 Å². The first-order chi connectivity index (χ1) is 4.77. The lowest BCUT2D eigenvalue weighted by Gasteiger charge is -1.92. The SMILES string of the molecule is CCc1cc(CS)n(C)n1. The van der Waals surface area contributed by atoms with Crippen LogP contribution in [0, 0.1) is 0 Å². The van der Waals surface area contributed by atoms with Crippen LogP contribution < -0.4 is 0 Å². The van der Waals surface area contributed by atoms with Crippen molar-refractivity contribution in [2.75, 3.05) is 0 Å². The Morgan fingerprint density at radius 2 is 2.40 bits per heavy atom. The molecule has 0 amide bonds. The highest BCUT2D eigenvalue weighted by Crippen LogP contribution is 2.05. The maximum absolute atomic E-state index is 4.27. The second-order valence-corrected chi connectivity index (χ2v) is 2.58. The van der Waals surface area contributed by atoms with E-state index in [-0.39, 0.29) is 0 Å². The average molecular weight is 156 g/mol. The van der Waals surface area contributed by atoms with Gasteiger partial charge in [0, 0.05) is 18.5 Å². The maximum Gasteiger partial charge on any atom is 0.0624 e. The third-order valence-corrected chi connectivity index (χ3v) is 1.88. The summed E-state index contributed by atoms with van der Waals surface area (Å²) in [6.07, 6.45) is 1.00. The Morgan fingerprint density at radius 1 is 1.70 bits per heavy atom. The van der Waals surface area contributed by atoms with Crippen molar-refractivity contribution in [3.63, 3.8) is 0 Å². The van der Waals surface area contributed by atoms with E-state index in [9.17, 15) is 0 Å². The summed E-state index contributed by atoms with van der Waals surface area (Å²) in [4.78, 5) is 0. The minimum absolute atomic E-state index is 0.767. The first-order valence-corrected chi connectivity index (χ1v) is 4.03. The average Bonchev–Trinajstić information content (AvgIpc) is 2.30. The largest absolute Gasteiger partial charge is 0.272 e. The Morgan fingerprint density at radius 3 is 2.70 bits per heavy atom. The quantitative estimate of drug-likeness (QED) is 0.641. The summed E-state index contributed by atoms with van der Waals surface area (Å²) in [5.74, 6) is 0.767. The van der Waals surface area contributed by atoms with Crippen molar-refractivity contribution in [3.05, 3.63) is 17.5 Å². The topological polar surface area (TPSA) is 17.8 Å². The lowest BCUT2D eigenvalue weighted by molar-refractivity contribution is 0.720. The zero-order valence-corrected chi connectivity index (χ0v) is 7.23. The molecule has 0 saturated carbocycles. The van der Waals surface area contributed by atoms with E-state index in [2.05, 4.69) is 30.7 Å². The number of hydrogen-bond donors (Lipinski definition) is 1. The van der Waals surface area contributed by atoms with E-state index in [1.165, 1.54) is 5.69 Å². The number of hydrogen-bond acceptors (Lipinski definition) is 2. The molecular formula is C7H12N2S. The molecule has 0 radical (unpaired) electrons. The summed E-state index contributed by atoms with van der Waals surface area (Å²) >= 11 is 4.17. The molecule has 1 aromatic rings. The molecule has 1 rings (SSSR count). The third kappa shape index (κ3) is 1.34. The molecule has 56 valence electrons. The summed E-state index contributed by atoms with van der Waals surface area (Å²) in [6, 6.07) is 2.09. The van der Waals surface area contributed by atoms with Gasteiger partial charge in [-0.2, -0.15) is 17.7 Å². The van der Waals surface area contributed by atoms with E-state index < -0.39 is 0 Å². The van der Waals surface area contributed by atoms with Gasteiger partial charge in [-0.3, -0.25) is 4.68 Å². The van der Waals surface area contributed by atoms with Gasteiger partial charge in [-0.05, 0) is 12.5 Å². The Bertz CT molecular complexity index is 217. The molecule has 0 bridgehead atoms. The number of nitrogens with zero attached hydrogens (tertiary/aromatic N) is 2.